The summed E-state index contributed by atoms with van der Waals surface area (Å²) in [5.41, 5.74) is 7.44. The molecular weight excluding hydrogens is 256 g/mol. The SMILES string of the molecule is NCC(c1csc2ccccc12)N1CCCOCC1. The second-order valence-electron chi connectivity index (χ2n) is 4.94. The molecule has 1 aliphatic rings. The second-order valence-corrected chi connectivity index (χ2v) is 5.85. The van der Waals surface area contributed by atoms with E-state index in [-0.39, 0.29) is 0 Å². The Morgan fingerprint density at radius 3 is 3.05 bits per heavy atom. The van der Waals surface area contributed by atoms with Gasteiger partial charge in [-0.25, -0.2) is 0 Å². The van der Waals surface area contributed by atoms with Crippen molar-refractivity contribution in [3.8, 4) is 0 Å². The Labute approximate surface area is 118 Å². The standard InChI is InChI=1S/C15H20N2OS/c16-10-14(17-6-3-8-18-9-7-17)13-11-19-15-5-2-1-4-12(13)15/h1-2,4-5,11,14H,3,6-10,16H2. The van der Waals surface area contributed by atoms with Crippen LogP contribution in [-0.4, -0.2) is 37.7 Å². The topological polar surface area (TPSA) is 38.5 Å². The van der Waals surface area contributed by atoms with Gasteiger partial charge in [0.15, 0.2) is 0 Å². The molecule has 0 bridgehead atoms. The van der Waals surface area contributed by atoms with Crippen LogP contribution in [0.25, 0.3) is 10.1 Å². The highest BCUT2D eigenvalue weighted by molar-refractivity contribution is 7.17. The Morgan fingerprint density at radius 2 is 2.16 bits per heavy atom. The minimum Gasteiger partial charge on any atom is -0.380 e. The monoisotopic (exact) mass is 276 g/mol. The van der Waals surface area contributed by atoms with E-state index in [1.165, 1.54) is 15.6 Å². The number of ether oxygens (including phenoxy) is 1. The minimum absolute atomic E-state index is 0.317. The minimum atomic E-state index is 0.317. The molecule has 102 valence electrons. The normalized spacial score (nSPS) is 19.4. The molecule has 3 rings (SSSR count). The first-order valence-corrected chi connectivity index (χ1v) is 7.76. The summed E-state index contributed by atoms with van der Waals surface area (Å²) in [6.45, 7) is 4.41. The highest BCUT2D eigenvalue weighted by atomic mass is 32.1. The van der Waals surface area contributed by atoms with Crippen LogP contribution in [0.1, 0.15) is 18.0 Å². The summed E-state index contributed by atoms with van der Waals surface area (Å²) in [5.74, 6) is 0. The van der Waals surface area contributed by atoms with E-state index in [9.17, 15) is 0 Å². The van der Waals surface area contributed by atoms with Crippen molar-refractivity contribution in [2.75, 3.05) is 32.8 Å². The number of nitrogens with two attached hydrogens (primary N) is 1. The van der Waals surface area contributed by atoms with Crippen LogP contribution in [0.3, 0.4) is 0 Å². The van der Waals surface area contributed by atoms with E-state index in [4.69, 9.17) is 10.5 Å². The van der Waals surface area contributed by atoms with Gasteiger partial charge in [-0.3, -0.25) is 4.90 Å². The third kappa shape index (κ3) is 2.67. The van der Waals surface area contributed by atoms with Gasteiger partial charge in [0.05, 0.1) is 6.61 Å². The molecular formula is C15H20N2OS. The zero-order valence-corrected chi connectivity index (χ0v) is 11.9. The molecule has 0 radical (unpaired) electrons. The average molecular weight is 276 g/mol. The fourth-order valence-corrected chi connectivity index (χ4v) is 3.81. The number of rotatable bonds is 3. The zero-order chi connectivity index (χ0) is 13.1. The molecule has 0 saturated carbocycles. The Hall–Kier alpha value is -0.940. The van der Waals surface area contributed by atoms with Crippen LogP contribution in [0.15, 0.2) is 29.6 Å². The van der Waals surface area contributed by atoms with Gasteiger partial charge in [0.1, 0.15) is 0 Å². The number of hydrogen-bond donors (Lipinski definition) is 1. The molecule has 4 heteroatoms. The zero-order valence-electron chi connectivity index (χ0n) is 11.0. The molecule has 1 saturated heterocycles. The molecule has 19 heavy (non-hydrogen) atoms. The van der Waals surface area contributed by atoms with Crippen LogP contribution in [0.2, 0.25) is 0 Å². The summed E-state index contributed by atoms with van der Waals surface area (Å²) in [6.07, 6.45) is 1.10. The van der Waals surface area contributed by atoms with Crippen molar-refractivity contribution in [2.24, 2.45) is 5.73 Å². The van der Waals surface area contributed by atoms with Crippen molar-refractivity contribution in [1.29, 1.82) is 0 Å². The smallest absolute Gasteiger partial charge is 0.0593 e. The quantitative estimate of drug-likeness (QED) is 0.936. The molecule has 2 N–H and O–H groups in total. The Bertz CT molecular complexity index is 532. The second kappa shape index (κ2) is 6.01. The predicted octanol–water partition coefficient (Wildman–Crippen LogP) is 2.62. The summed E-state index contributed by atoms with van der Waals surface area (Å²) < 4.78 is 6.89. The summed E-state index contributed by atoms with van der Waals surface area (Å²) in [7, 11) is 0. The Balaban J connectivity index is 1.92. The number of benzene rings is 1. The predicted molar refractivity (Wildman–Crippen MR) is 80.6 cm³/mol. The van der Waals surface area contributed by atoms with Gasteiger partial charge in [0.2, 0.25) is 0 Å². The van der Waals surface area contributed by atoms with Crippen LogP contribution in [0.4, 0.5) is 0 Å². The highest BCUT2D eigenvalue weighted by Gasteiger charge is 2.22. The summed E-state index contributed by atoms with van der Waals surface area (Å²) in [4.78, 5) is 2.47. The van der Waals surface area contributed by atoms with Crippen molar-refractivity contribution >= 4 is 21.4 Å². The molecule has 1 aromatic carbocycles. The maximum atomic E-state index is 6.06. The van der Waals surface area contributed by atoms with E-state index >= 15 is 0 Å². The average Bonchev–Trinajstić information content (AvgIpc) is 2.69. The van der Waals surface area contributed by atoms with Gasteiger partial charge in [-0.1, -0.05) is 18.2 Å². The van der Waals surface area contributed by atoms with Crippen LogP contribution in [0, 0.1) is 0 Å². The first-order chi connectivity index (χ1) is 9.40. The van der Waals surface area contributed by atoms with Gasteiger partial charge in [-0.15, -0.1) is 11.3 Å². The Morgan fingerprint density at radius 1 is 1.26 bits per heavy atom. The summed E-state index contributed by atoms with van der Waals surface area (Å²) in [6, 6.07) is 8.91. The van der Waals surface area contributed by atoms with E-state index in [1.807, 2.05) is 11.3 Å². The molecule has 1 aromatic heterocycles. The summed E-state index contributed by atoms with van der Waals surface area (Å²) >= 11 is 1.81. The molecule has 2 heterocycles. The van der Waals surface area contributed by atoms with Crippen molar-refractivity contribution in [2.45, 2.75) is 12.5 Å². The third-order valence-electron chi connectivity index (χ3n) is 3.79. The fraction of sp³-hybridized carbons (Fsp3) is 0.467. The van der Waals surface area contributed by atoms with Gasteiger partial charge in [-0.05, 0) is 28.8 Å². The molecule has 1 atom stereocenters. The van der Waals surface area contributed by atoms with Crippen molar-refractivity contribution in [1.82, 2.24) is 4.90 Å². The highest BCUT2D eigenvalue weighted by Crippen LogP contribution is 2.32. The fourth-order valence-electron chi connectivity index (χ4n) is 2.81. The van der Waals surface area contributed by atoms with E-state index in [0.29, 0.717) is 12.6 Å². The lowest BCUT2D eigenvalue weighted by Crippen LogP contribution is -2.35. The van der Waals surface area contributed by atoms with Gasteiger partial charge in [0.25, 0.3) is 0 Å². The molecule has 0 aliphatic carbocycles. The molecule has 0 spiro atoms. The molecule has 1 fully saturated rings. The van der Waals surface area contributed by atoms with Gasteiger partial charge < -0.3 is 10.5 Å². The number of fused-ring (bicyclic) bond motifs is 1. The first kappa shape index (κ1) is 13.1. The largest absolute Gasteiger partial charge is 0.380 e. The molecule has 3 nitrogen and oxygen atoms in total. The van der Waals surface area contributed by atoms with E-state index in [2.05, 4.69) is 34.5 Å². The lowest BCUT2D eigenvalue weighted by Gasteiger charge is -2.29. The van der Waals surface area contributed by atoms with Crippen LogP contribution in [-0.2, 0) is 4.74 Å². The van der Waals surface area contributed by atoms with Crippen LogP contribution in [0.5, 0.6) is 0 Å². The van der Waals surface area contributed by atoms with E-state index in [1.54, 1.807) is 0 Å². The van der Waals surface area contributed by atoms with Gasteiger partial charge in [-0.2, -0.15) is 0 Å². The summed E-state index contributed by atoms with van der Waals surface area (Å²) in [5, 5.41) is 3.63. The lowest BCUT2D eigenvalue weighted by atomic mass is 10.0. The van der Waals surface area contributed by atoms with Crippen molar-refractivity contribution in [3.63, 3.8) is 0 Å². The van der Waals surface area contributed by atoms with Crippen molar-refractivity contribution in [3.05, 3.63) is 35.2 Å². The maximum Gasteiger partial charge on any atom is 0.0593 e. The molecule has 0 amide bonds. The van der Waals surface area contributed by atoms with Gasteiger partial charge >= 0.3 is 0 Å². The van der Waals surface area contributed by atoms with E-state index < -0.39 is 0 Å². The molecule has 1 unspecified atom stereocenters. The molecule has 2 aromatic rings. The van der Waals surface area contributed by atoms with Gasteiger partial charge in [0, 0.05) is 37.0 Å². The lowest BCUT2D eigenvalue weighted by molar-refractivity contribution is 0.132. The number of nitrogens with zero attached hydrogens (tertiary/aromatic N) is 1. The molecule has 1 aliphatic heterocycles. The van der Waals surface area contributed by atoms with Crippen molar-refractivity contribution < 1.29 is 4.74 Å². The van der Waals surface area contributed by atoms with Crippen LogP contribution < -0.4 is 5.73 Å². The number of hydrogen-bond acceptors (Lipinski definition) is 4. The third-order valence-corrected chi connectivity index (χ3v) is 4.77. The number of thiophene rings is 1. The van der Waals surface area contributed by atoms with Crippen LogP contribution >= 0.6 is 11.3 Å². The van der Waals surface area contributed by atoms with E-state index in [0.717, 1.165) is 32.7 Å². The Kier molecular flexibility index (Phi) is 4.13. The maximum absolute atomic E-state index is 6.06. The first-order valence-electron chi connectivity index (χ1n) is 6.88.